The van der Waals surface area contributed by atoms with Crippen molar-refractivity contribution in [3.63, 3.8) is 0 Å². The molecule has 0 aromatic carbocycles. The molecule has 0 N–H and O–H groups in total. The van der Waals surface area contributed by atoms with E-state index >= 15 is 0 Å². The fraction of sp³-hybridized carbons (Fsp3) is 0.636. The molecule has 0 aliphatic heterocycles. The first kappa shape index (κ1) is 14.0. The Bertz CT molecular complexity index is 276. The minimum absolute atomic E-state index is 0.355. The summed E-state index contributed by atoms with van der Waals surface area (Å²) in [7, 11) is 1.66. The molecule has 1 heterocycles. The average Bonchev–Trinajstić information content (AvgIpc) is 2.68. The number of aryl methyl sites for hydroxylation is 1. The summed E-state index contributed by atoms with van der Waals surface area (Å²) in [5.74, 6) is 0.967. The SMILES string of the molecule is COCCOCOCCSc1sccc1C. The van der Waals surface area contributed by atoms with Gasteiger partial charge in [0.1, 0.15) is 6.79 Å². The van der Waals surface area contributed by atoms with Gasteiger partial charge in [-0.15, -0.1) is 23.1 Å². The normalized spacial score (nSPS) is 10.9. The first-order chi connectivity index (χ1) is 7.84. The highest BCUT2D eigenvalue weighted by Crippen LogP contribution is 2.27. The van der Waals surface area contributed by atoms with Crippen LogP contribution < -0.4 is 0 Å². The van der Waals surface area contributed by atoms with Crippen molar-refractivity contribution in [3.8, 4) is 0 Å². The van der Waals surface area contributed by atoms with E-state index in [-0.39, 0.29) is 0 Å². The highest BCUT2D eigenvalue weighted by molar-refractivity contribution is 8.01. The van der Waals surface area contributed by atoms with Gasteiger partial charge >= 0.3 is 0 Å². The van der Waals surface area contributed by atoms with Crippen LogP contribution in [0.4, 0.5) is 0 Å². The molecule has 5 heteroatoms. The Kier molecular flexibility index (Phi) is 7.88. The van der Waals surface area contributed by atoms with Gasteiger partial charge in [0, 0.05) is 12.9 Å². The van der Waals surface area contributed by atoms with Crippen LogP contribution in [-0.4, -0.2) is 39.5 Å². The maximum atomic E-state index is 5.32. The maximum Gasteiger partial charge on any atom is 0.146 e. The summed E-state index contributed by atoms with van der Waals surface area (Å²) >= 11 is 3.62. The summed E-state index contributed by atoms with van der Waals surface area (Å²) in [4.78, 5) is 0. The third-order valence-electron chi connectivity index (χ3n) is 1.87. The van der Waals surface area contributed by atoms with Crippen LogP contribution in [0.15, 0.2) is 15.7 Å². The van der Waals surface area contributed by atoms with E-state index < -0.39 is 0 Å². The van der Waals surface area contributed by atoms with Crippen LogP contribution in [0.2, 0.25) is 0 Å². The van der Waals surface area contributed by atoms with Gasteiger partial charge in [-0.05, 0) is 23.9 Å². The molecule has 1 rings (SSSR count). The van der Waals surface area contributed by atoms with E-state index in [2.05, 4.69) is 18.4 Å². The van der Waals surface area contributed by atoms with Gasteiger partial charge in [-0.1, -0.05) is 0 Å². The van der Waals surface area contributed by atoms with E-state index in [1.165, 1.54) is 9.77 Å². The van der Waals surface area contributed by atoms with E-state index in [0.717, 1.165) is 12.4 Å². The lowest BCUT2D eigenvalue weighted by molar-refractivity contribution is -0.0609. The Hall–Kier alpha value is -0.0700. The number of thioether (sulfide) groups is 1. The van der Waals surface area contributed by atoms with Gasteiger partial charge in [0.25, 0.3) is 0 Å². The monoisotopic (exact) mass is 262 g/mol. The second-order valence-corrected chi connectivity index (χ2v) is 5.45. The molecule has 0 bridgehead atoms. The largest absolute Gasteiger partial charge is 0.382 e. The summed E-state index contributed by atoms with van der Waals surface area (Å²) < 4.78 is 16.7. The van der Waals surface area contributed by atoms with Gasteiger partial charge in [-0.3, -0.25) is 0 Å². The summed E-state index contributed by atoms with van der Waals surface area (Å²) in [5.41, 5.74) is 1.35. The van der Waals surface area contributed by atoms with Crippen LogP contribution in [0.5, 0.6) is 0 Å². The van der Waals surface area contributed by atoms with Gasteiger partial charge in [0.05, 0.1) is 24.0 Å². The lowest BCUT2D eigenvalue weighted by Crippen LogP contribution is -2.07. The Morgan fingerprint density at radius 3 is 2.75 bits per heavy atom. The lowest BCUT2D eigenvalue weighted by Gasteiger charge is -2.05. The molecule has 92 valence electrons. The Labute approximate surface area is 105 Å². The average molecular weight is 262 g/mol. The van der Waals surface area contributed by atoms with Crippen LogP contribution in [-0.2, 0) is 14.2 Å². The summed E-state index contributed by atoms with van der Waals surface area (Å²) in [6.45, 7) is 4.41. The molecule has 0 aliphatic carbocycles. The van der Waals surface area contributed by atoms with Crippen LogP contribution in [0, 0.1) is 6.92 Å². The molecule has 0 spiro atoms. The minimum atomic E-state index is 0.355. The van der Waals surface area contributed by atoms with Crippen molar-refractivity contribution in [2.45, 2.75) is 11.1 Å². The molecular weight excluding hydrogens is 244 g/mol. The van der Waals surface area contributed by atoms with Crippen molar-refractivity contribution in [1.82, 2.24) is 0 Å². The molecule has 0 saturated carbocycles. The first-order valence-corrected chi connectivity index (χ1v) is 7.02. The van der Waals surface area contributed by atoms with Crippen molar-refractivity contribution in [1.29, 1.82) is 0 Å². The zero-order valence-corrected chi connectivity index (χ0v) is 11.4. The van der Waals surface area contributed by atoms with E-state index in [4.69, 9.17) is 14.2 Å². The summed E-state index contributed by atoms with van der Waals surface area (Å²) in [6.07, 6.45) is 0. The molecule has 0 radical (unpaired) electrons. The molecular formula is C11H18O3S2. The van der Waals surface area contributed by atoms with Crippen molar-refractivity contribution < 1.29 is 14.2 Å². The number of methoxy groups -OCH3 is 1. The Balaban J connectivity index is 1.91. The number of hydrogen-bond donors (Lipinski definition) is 0. The molecule has 3 nitrogen and oxygen atoms in total. The summed E-state index contributed by atoms with van der Waals surface area (Å²) in [6, 6.07) is 2.14. The van der Waals surface area contributed by atoms with Crippen LogP contribution >= 0.6 is 23.1 Å². The van der Waals surface area contributed by atoms with Crippen LogP contribution in [0.3, 0.4) is 0 Å². The molecule has 0 fully saturated rings. The van der Waals surface area contributed by atoms with Crippen molar-refractivity contribution >= 4 is 23.1 Å². The lowest BCUT2D eigenvalue weighted by atomic mass is 10.4. The van der Waals surface area contributed by atoms with E-state index in [1.54, 1.807) is 18.4 Å². The number of ether oxygens (including phenoxy) is 3. The van der Waals surface area contributed by atoms with Crippen molar-refractivity contribution in [3.05, 3.63) is 17.0 Å². The van der Waals surface area contributed by atoms with Gasteiger partial charge in [0.15, 0.2) is 0 Å². The van der Waals surface area contributed by atoms with E-state index in [0.29, 0.717) is 20.0 Å². The fourth-order valence-corrected chi connectivity index (χ4v) is 3.04. The van der Waals surface area contributed by atoms with Crippen LogP contribution in [0.25, 0.3) is 0 Å². The van der Waals surface area contributed by atoms with Gasteiger partial charge in [-0.25, -0.2) is 0 Å². The fourth-order valence-electron chi connectivity index (χ4n) is 1.02. The topological polar surface area (TPSA) is 27.7 Å². The Morgan fingerprint density at radius 1 is 1.25 bits per heavy atom. The molecule has 0 unspecified atom stereocenters. The molecule has 0 aliphatic rings. The zero-order chi connectivity index (χ0) is 11.6. The predicted octanol–water partition coefficient (Wildman–Crippen LogP) is 2.79. The highest BCUT2D eigenvalue weighted by Gasteiger charge is 1.99. The van der Waals surface area contributed by atoms with Gasteiger partial charge in [0.2, 0.25) is 0 Å². The Morgan fingerprint density at radius 2 is 2.06 bits per heavy atom. The highest BCUT2D eigenvalue weighted by atomic mass is 32.2. The summed E-state index contributed by atoms with van der Waals surface area (Å²) in [5, 5.41) is 2.12. The van der Waals surface area contributed by atoms with Crippen LogP contribution in [0.1, 0.15) is 5.56 Å². The van der Waals surface area contributed by atoms with E-state index in [9.17, 15) is 0 Å². The third kappa shape index (κ3) is 5.86. The zero-order valence-electron chi connectivity index (χ0n) is 9.73. The number of thiophene rings is 1. The molecule has 0 saturated heterocycles. The second-order valence-electron chi connectivity index (χ2n) is 3.17. The van der Waals surface area contributed by atoms with E-state index in [1.807, 2.05) is 11.8 Å². The predicted molar refractivity (Wildman–Crippen MR) is 68.4 cm³/mol. The quantitative estimate of drug-likeness (QED) is 0.388. The molecule has 0 atom stereocenters. The smallest absolute Gasteiger partial charge is 0.146 e. The number of hydrogen-bond acceptors (Lipinski definition) is 5. The van der Waals surface area contributed by atoms with Gasteiger partial charge < -0.3 is 14.2 Å². The van der Waals surface area contributed by atoms with Gasteiger partial charge in [-0.2, -0.15) is 0 Å². The standard InChI is InChI=1S/C11H18O3S2/c1-10-3-7-15-11(10)16-8-6-14-9-13-5-4-12-2/h3,7H,4-6,8-9H2,1-2H3. The number of rotatable bonds is 9. The minimum Gasteiger partial charge on any atom is -0.382 e. The van der Waals surface area contributed by atoms with Crippen molar-refractivity contribution in [2.24, 2.45) is 0 Å². The molecule has 1 aromatic rings. The first-order valence-electron chi connectivity index (χ1n) is 5.16. The maximum absolute atomic E-state index is 5.32. The molecule has 0 amide bonds. The van der Waals surface area contributed by atoms with Crippen molar-refractivity contribution in [2.75, 3.05) is 39.5 Å². The second kappa shape index (κ2) is 9.01. The molecule has 1 aromatic heterocycles. The third-order valence-corrected chi connectivity index (χ3v) is 4.28. The molecule has 16 heavy (non-hydrogen) atoms.